The first-order chi connectivity index (χ1) is 13.2. The van der Waals surface area contributed by atoms with Crippen molar-refractivity contribution in [3.8, 4) is 5.75 Å². The molecule has 0 saturated carbocycles. The molecule has 9 heteroatoms. The Morgan fingerprint density at radius 2 is 1.96 bits per heavy atom. The molecule has 0 saturated heterocycles. The van der Waals surface area contributed by atoms with E-state index in [-0.39, 0.29) is 18.1 Å². The van der Waals surface area contributed by atoms with E-state index in [4.69, 9.17) is 4.74 Å². The summed E-state index contributed by atoms with van der Waals surface area (Å²) in [5, 5.41) is 18.3. The van der Waals surface area contributed by atoms with Crippen molar-refractivity contribution in [3.05, 3.63) is 47.8 Å². The van der Waals surface area contributed by atoms with Crippen molar-refractivity contribution in [2.45, 2.75) is 52.0 Å². The molecule has 1 atom stereocenters. The van der Waals surface area contributed by atoms with Crippen molar-refractivity contribution < 1.29 is 23.4 Å². The highest BCUT2D eigenvalue weighted by molar-refractivity contribution is 5.96. The second-order valence-corrected chi connectivity index (χ2v) is 7.05. The smallest absolute Gasteiger partial charge is 0.297 e. The fraction of sp³-hybridized carbons (Fsp3) is 0.421. The van der Waals surface area contributed by atoms with Gasteiger partial charge < -0.3 is 9.84 Å². The van der Waals surface area contributed by atoms with Crippen molar-refractivity contribution in [1.82, 2.24) is 14.8 Å². The third-order valence-corrected chi connectivity index (χ3v) is 4.47. The first-order valence-corrected chi connectivity index (χ1v) is 8.86. The Hall–Kier alpha value is -2.81. The lowest BCUT2D eigenvalue weighted by Gasteiger charge is -2.29. The van der Waals surface area contributed by atoms with E-state index in [0.29, 0.717) is 16.7 Å². The van der Waals surface area contributed by atoms with Gasteiger partial charge in [-0.05, 0) is 36.6 Å². The molecular formula is C19H22F2N4O3. The number of aliphatic hydroxyl groups is 1. The molecule has 1 aromatic carbocycles. The average Bonchev–Trinajstić information content (AvgIpc) is 3.24. The number of alkyl halides is 2. The van der Waals surface area contributed by atoms with Crippen LogP contribution in [0.15, 0.2) is 41.6 Å². The number of aromatic nitrogens is 2. The zero-order chi connectivity index (χ0) is 20.5. The van der Waals surface area contributed by atoms with Crippen LogP contribution in [0.1, 0.15) is 49.2 Å². The molecule has 2 aromatic rings. The molecule has 28 heavy (non-hydrogen) atoms. The summed E-state index contributed by atoms with van der Waals surface area (Å²) in [5.41, 5.74) is -1.34. The number of ether oxygens (including phenoxy) is 1. The molecule has 2 heterocycles. The van der Waals surface area contributed by atoms with Crippen LogP contribution in [0.2, 0.25) is 0 Å². The number of carbonyl (C=O) groups excluding carboxylic acids is 1. The van der Waals surface area contributed by atoms with Gasteiger partial charge in [0, 0.05) is 18.3 Å². The number of hydrogen-bond acceptors (Lipinski definition) is 5. The van der Waals surface area contributed by atoms with Gasteiger partial charge in [-0.3, -0.25) is 4.79 Å². The van der Waals surface area contributed by atoms with Crippen molar-refractivity contribution in [2.24, 2.45) is 5.10 Å². The Morgan fingerprint density at radius 3 is 2.57 bits per heavy atom. The lowest BCUT2D eigenvalue weighted by Crippen LogP contribution is -2.51. The van der Waals surface area contributed by atoms with Gasteiger partial charge in [0.25, 0.3) is 12.3 Å². The second kappa shape index (κ2) is 7.67. The number of carbonyl (C=O) groups is 1. The van der Waals surface area contributed by atoms with Gasteiger partial charge in [-0.2, -0.15) is 15.2 Å². The highest BCUT2D eigenvalue weighted by atomic mass is 19.3. The Balaban J connectivity index is 1.67. The predicted molar refractivity (Wildman–Crippen MR) is 98.2 cm³/mol. The lowest BCUT2D eigenvalue weighted by molar-refractivity contribution is -0.164. The van der Waals surface area contributed by atoms with E-state index in [0.717, 1.165) is 0 Å². The molecule has 1 amide bonds. The van der Waals surface area contributed by atoms with E-state index in [1.807, 2.05) is 24.3 Å². The van der Waals surface area contributed by atoms with Gasteiger partial charge >= 0.3 is 0 Å². The van der Waals surface area contributed by atoms with Crippen molar-refractivity contribution in [3.63, 3.8) is 0 Å². The summed E-state index contributed by atoms with van der Waals surface area (Å²) in [6, 6.07) is 8.99. The van der Waals surface area contributed by atoms with E-state index in [1.54, 1.807) is 0 Å². The van der Waals surface area contributed by atoms with Gasteiger partial charge in [0.15, 0.2) is 12.4 Å². The van der Waals surface area contributed by atoms with E-state index < -0.39 is 24.5 Å². The monoisotopic (exact) mass is 392 g/mol. The Bertz CT molecular complexity index is 880. The van der Waals surface area contributed by atoms with Crippen LogP contribution in [0, 0.1) is 0 Å². The molecule has 0 fully saturated rings. The van der Waals surface area contributed by atoms with Crippen LogP contribution in [-0.2, 0) is 6.73 Å². The maximum absolute atomic E-state index is 13.3. The Labute approximate surface area is 161 Å². The number of hydrazone groups is 1. The highest BCUT2D eigenvalue weighted by Crippen LogP contribution is 2.32. The van der Waals surface area contributed by atoms with E-state index in [9.17, 15) is 18.7 Å². The third-order valence-electron chi connectivity index (χ3n) is 4.47. The summed E-state index contributed by atoms with van der Waals surface area (Å²) in [5.74, 6) is 0.150. The van der Waals surface area contributed by atoms with Gasteiger partial charge in [0.1, 0.15) is 5.75 Å². The van der Waals surface area contributed by atoms with Crippen LogP contribution >= 0.6 is 0 Å². The van der Waals surface area contributed by atoms with E-state index in [2.05, 4.69) is 24.0 Å². The quantitative estimate of drug-likeness (QED) is 0.819. The minimum absolute atomic E-state index is 0.0374. The maximum atomic E-state index is 13.3. The van der Waals surface area contributed by atoms with Crippen LogP contribution < -0.4 is 4.74 Å². The molecule has 0 unspecified atom stereocenters. The zero-order valence-corrected chi connectivity index (χ0v) is 15.8. The number of rotatable bonds is 6. The Morgan fingerprint density at radius 1 is 1.29 bits per heavy atom. The molecule has 1 aromatic heterocycles. The molecule has 0 bridgehead atoms. The molecule has 150 valence electrons. The lowest BCUT2D eigenvalue weighted by atomic mass is 10.0. The van der Waals surface area contributed by atoms with Crippen LogP contribution in [0.4, 0.5) is 8.78 Å². The molecule has 0 spiro atoms. The van der Waals surface area contributed by atoms with Crippen molar-refractivity contribution in [1.29, 1.82) is 0 Å². The van der Waals surface area contributed by atoms with E-state index in [1.165, 1.54) is 29.4 Å². The van der Waals surface area contributed by atoms with Crippen LogP contribution in [-0.4, -0.2) is 43.7 Å². The predicted octanol–water partition coefficient (Wildman–Crippen LogP) is 3.22. The maximum Gasteiger partial charge on any atom is 0.297 e. The minimum Gasteiger partial charge on any atom is -0.471 e. The SMILES string of the molecule is CC1=NN(C(=O)c2ccn(COc3ccc(C(C)C)cc3)n2)[C@](O)(C(F)F)C1. The third kappa shape index (κ3) is 3.89. The number of nitrogens with zero attached hydrogens (tertiary/aromatic N) is 4. The molecule has 0 aliphatic carbocycles. The first kappa shape index (κ1) is 19.9. The molecule has 3 rings (SSSR count). The van der Waals surface area contributed by atoms with Crippen LogP contribution in [0.25, 0.3) is 0 Å². The largest absolute Gasteiger partial charge is 0.471 e. The normalized spacial score (nSPS) is 19.4. The molecule has 0 radical (unpaired) electrons. The molecule has 7 nitrogen and oxygen atoms in total. The van der Waals surface area contributed by atoms with Crippen LogP contribution in [0.3, 0.4) is 0 Å². The van der Waals surface area contributed by atoms with Gasteiger partial charge in [0.05, 0.1) is 0 Å². The summed E-state index contributed by atoms with van der Waals surface area (Å²) >= 11 is 0. The first-order valence-electron chi connectivity index (χ1n) is 8.86. The Kier molecular flexibility index (Phi) is 5.46. The van der Waals surface area contributed by atoms with Gasteiger partial charge in [-0.15, -0.1) is 0 Å². The molecular weight excluding hydrogens is 370 g/mol. The summed E-state index contributed by atoms with van der Waals surface area (Å²) < 4.78 is 33.5. The summed E-state index contributed by atoms with van der Waals surface area (Å²) in [6.07, 6.45) is -2.08. The fourth-order valence-electron chi connectivity index (χ4n) is 2.88. The fourth-order valence-corrected chi connectivity index (χ4v) is 2.88. The summed E-state index contributed by atoms with van der Waals surface area (Å²) in [4.78, 5) is 12.5. The van der Waals surface area contributed by atoms with Gasteiger partial charge in [0.2, 0.25) is 5.72 Å². The number of hydrogen-bond donors (Lipinski definition) is 1. The summed E-state index contributed by atoms with van der Waals surface area (Å²) in [7, 11) is 0. The van der Waals surface area contributed by atoms with Crippen molar-refractivity contribution >= 4 is 11.6 Å². The molecule has 1 aliphatic rings. The van der Waals surface area contributed by atoms with Crippen molar-refractivity contribution in [2.75, 3.05) is 0 Å². The number of benzene rings is 1. The second-order valence-electron chi connectivity index (χ2n) is 7.05. The summed E-state index contributed by atoms with van der Waals surface area (Å²) in [6.45, 7) is 5.70. The molecule has 1 N–H and O–H groups in total. The standard InChI is InChI=1S/C19H22F2N4O3/c1-12(2)14-4-6-15(7-5-14)28-11-24-9-8-16(23-24)17(26)25-19(27,18(20)21)10-13(3)22-25/h4-9,12,18,27H,10-11H2,1-3H3/t19-/m1/s1. The molecule has 1 aliphatic heterocycles. The topological polar surface area (TPSA) is 80.0 Å². The number of amides is 1. The number of halogens is 2. The minimum atomic E-state index is -3.16. The van der Waals surface area contributed by atoms with Gasteiger partial charge in [-0.25, -0.2) is 13.5 Å². The van der Waals surface area contributed by atoms with E-state index >= 15 is 0 Å². The average molecular weight is 392 g/mol. The van der Waals surface area contributed by atoms with Gasteiger partial charge in [-0.1, -0.05) is 26.0 Å². The highest BCUT2D eigenvalue weighted by Gasteiger charge is 2.51. The van der Waals surface area contributed by atoms with Crippen LogP contribution in [0.5, 0.6) is 5.75 Å². The zero-order valence-electron chi connectivity index (χ0n) is 15.8.